The monoisotopic (exact) mass is 140 g/mol. The number of hydrogen-bond donors (Lipinski definition) is 0. The summed E-state index contributed by atoms with van der Waals surface area (Å²) in [4.78, 5) is 0. The SMILES string of the molecule is C=C.C=C.C=C.C=C.[Si]. The summed E-state index contributed by atoms with van der Waals surface area (Å²) in [5, 5.41) is 0. The molecule has 0 heterocycles. The average molecular weight is 140 g/mol. The van der Waals surface area contributed by atoms with Gasteiger partial charge in [-0.25, -0.2) is 0 Å². The molecule has 0 spiro atoms. The van der Waals surface area contributed by atoms with Crippen LogP contribution in [-0.4, -0.2) is 11.0 Å². The molecular formula is C8H16Si. The first-order valence-corrected chi connectivity index (χ1v) is 2.00. The molecule has 0 aromatic carbocycles. The standard InChI is InChI=1S/4C2H4.Si/c4*1-2;/h4*1-2H2;. The summed E-state index contributed by atoms with van der Waals surface area (Å²) < 4.78 is 0. The predicted octanol–water partition coefficient (Wildman–Crippen LogP) is 2.83. The highest BCUT2D eigenvalue weighted by Crippen LogP contribution is 0.868. The van der Waals surface area contributed by atoms with Crippen LogP contribution in [0.4, 0.5) is 0 Å². The molecule has 0 atom stereocenters. The molecule has 1 heteroatoms. The van der Waals surface area contributed by atoms with Gasteiger partial charge in [0.05, 0.1) is 0 Å². The van der Waals surface area contributed by atoms with E-state index >= 15 is 0 Å². The van der Waals surface area contributed by atoms with Gasteiger partial charge in [-0.15, -0.1) is 52.6 Å². The van der Waals surface area contributed by atoms with Crippen LogP contribution >= 0.6 is 0 Å². The molecule has 0 aliphatic carbocycles. The lowest BCUT2D eigenvalue weighted by atomic mass is 11.3. The number of rotatable bonds is 0. The lowest BCUT2D eigenvalue weighted by Crippen LogP contribution is -0.552. The topological polar surface area (TPSA) is 0 Å². The Bertz CT molecular complexity index is 12.5. The van der Waals surface area contributed by atoms with E-state index in [-0.39, 0.29) is 11.0 Å². The Balaban J connectivity index is -0.00000000762. The fourth-order valence-corrected chi connectivity index (χ4v) is 0. The van der Waals surface area contributed by atoms with Crippen molar-refractivity contribution in [2.45, 2.75) is 0 Å². The molecule has 0 unspecified atom stereocenters. The van der Waals surface area contributed by atoms with Crippen LogP contribution < -0.4 is 0 Å². The van der Waals surface area contributed by atoms with Crippen LogP contribution in [0.2, 0.25) is 0 Å². The van der Waals surface area contributed by atoms with Gasteiger partial charge in [0.2, 0.25) is 0 Å². The molecule has 52 valence electrons. The number of hydrogen-bond acceptors (Lipinski definition) is 0. The molecular weight excluding hydrogens is 124 g/mol. The quantitative estimate of drug-likeness (QED) is 0.358. The largest absolute Gasteiger partial charge is 0.106 e. The van der Waals surface area contributed by atoms with Gasteiger partial charge in [0.1, 0.15) is 0 Å². The first kappa shape index (κ1) is 41.7. The second-order valence-corrected chi connectivity index (χ2v) is 0. The highest BCUT2D eigenvalue weighted by atomic mass is 28.1. The second kappa shape index (κ2) is 404. The van der Waals surface area contributed by atoms with Crippen molar-refractivity contribution >= 4 is 11.0 Å². The Labute approximate surface area is 64.3 Å². The van der Waals surface area contributed by atoms with Gasteiger partial charge < -0.3 is 0 Å². The van der Waals surface area contributed by atoms with E-state index in [0.717, 1.165) is 0 Å². The molecule has 0 fully saturated rings. The summed E-state index contributed by atoms with van der Waals surface area (Å²) in [5.41, 5.74) is 0. The van der Waals surface area contributed by atoms with Gasteiger partial charge in [0.15, 0.2) is 0 Å². The normalized spacial score (nSPS) is 1.78. The summed E-state index contributed by atoms with van der Waals surface area (Å²) in [5.74, 6) is 0. The van der Waals surface area contributed by atoms with Crippen LogP contribution in [0.25, 0.3) is 0 Å². The van der Waals surface area contributed by atoms with Gasteiger partial charge in [-0.3, -0.25) is 0 Å². The third-order valence-electron chi connectivity index (χ3n) is 0. The average Bonchev–Trinajstić information content (AvgIpc) is 2.03. The van der Waals surface area contributed by atoms with Crippen molar-refractivity contribution in [3.8, 4) is 0 Å². The molecule has 0 aromatic rings. The minimum absolute atomic E-state index is 0. The van der Waals surface area contributed by atoms with Crippen LogP contribution in [0.1, 0.15) is 0 Å². The highest BCUT2D eigenvalue weighted by molar-refractivity contribution is 5.75. The summed E-state index contributed by atoms with van der Waals surface area (Å²) in [7, 11) is 0. The van der Waals surface area contributed by atoms with E-state index in [2.05, 4.69) is 52.6 Å². The Morgan fingerprint density at radius 2 is 0.333 bits per heavy atom. The zero-order valence-corrected chi connectivity index (χ0v) is 7.16. The van der Waals surface area contributed by atoms with Crippen molar-refractivity contribution in [3.05, 3.63) is 52.6 Å². The van der Waals surface area contributed by atoms with Crippen molar-refractivity contribution in [2.75, 3.05) is 0 Å². The lowest BCUT2D eigenvalue weighted by Gasteiger charge is -0.813. The van der Waals surface area contributed by atoms with E-state index in [1.807, 2.05) is 0 Å². The van der Waals surface area contributed by atoms with Crippen molar-refractivity contribution in [1.29, 1.82) is 0 Å². The van der Waals surface area contributed by atoms with Crippen molar-refractivity contribution in [3.63, 3.8) is 0 Å². The summed E-state index contributed by atoms with van der Waals surface area (Å²) in [6, 6.07) is 0. The van der Waals surface area contributed by atoms with E-state index in [1.165, 1.54) is 0 Å². The van der Waals surface area contributed by atoms with Crippen LogP contribution in [0.15, 0.2) is 52.6 Å². The van der Waals surface area contributed by atoms with Crippen LogP contribution in [0.3, 0.4) is 0 Å². The van der Waals surface area contributed by atoms with Crippen LogP contribution in [0.5, 0.6) is 0 Å². The molecule has 0 nitrogen and oxygen atoms in total. The van der Waals surface area contributed by atoms with Gasteiger partial charge in [0.25, 0.3) is 0 Å². The Hall–Kier alpha value is -0.823. The van der Waals surface area contributed by atoms with Crippen LogP contribution in [0, 0.1) is 0 Å². The third-order valence-corrected chi connectivity index (χ3v) is 0. The fourth-order valence-electron chi connectivity index (χ4n) is 0. The molecule has 0 rings (SSSR count). The van der Waals surface area contributed by atoms with Gasteiger partial charge >= 0.3 is 0 Å². The van der Waals surface area contributed by atoms with E-state index in [1.54, 1.807) is 0 Å². The fraction of sp³-hybridized carbons (Fsp3) is 0. The van der Waals surface area contributed by atoms with Gasteiger partial charge in [0, 0.05) is 11.0 Å². The van der Waals surface area contributed by atoms with Crippen molar-refractivity contribution < 1.29 is 0 Å². The minimum Gasteiger partial charge on any atom is -0.106 e. The maximum Gasteiger partial charge on any atom is 0 e. The van der Waals surface area contributed by atoms with Crippen LogP contribution in [-0.2, 0) is 0 Å². The lowest BCUT2D eigenvalue weighted by molar-refractivity contribution is 2.81. The Morgan fingerprint density at radius 1 is 0.333 bits per heavy atom. The summed E-state index contributed by atoms with van der Waals surface area (Å²) in [6.45, 7) is 24.0. The van der Waals surface area contributed by atoms with Gasteiger partial charge in [-0.05, 0) is 0 Å². The minimum atomic E-state index is 0. The molecule has 0 amide bonds. The zero-order valence-electron chi connectivity index (χ0n) is 6.16. The summed E-state index contributed by atoms with van der Waals surface area (Å²) >= 11 is 0. The molecule has 0 aliphatic rings. The molecule has 0 aliphatic heterocycles. The zero-order chi connectivity index (χ0) is 8.00. The van der Waals surface area contributed by atoms with E-state index in [4.69, 9.17) is 0 Å². The molecule has 9 heavy (non-hydrogen) atoms. The Kier molecular flexibility index (Phi) is 1870. The van der Waals surface area contributed by atoms with E-state index < -0.39 is 0 Å². The summed E-state index contributed by atoms with van der Waals surface area (Å²) in [6.07, 6.45) is 0. The van der Waals surface area contributed by atoms with Gasteiger partial charge in [-0.2, -0.15) is 0 Å². The van der Waals surface area contributed by atoms with E-state index in [9.17, 15) is 0 Å². The van der Waals surface area contributed by atoms with Gasteiger partial charge in [-0.1, -0.05) is 0 Å². The third kappa shape index (κ3) is 284. The molecule has 0 bridgehead atoms. The second-order valence-electron chi connectivity index (χ2n) is 0. The van der Waals surface area contributed by atoms with E-state index in [0.29, 0.717) is 0 Å². The first-order valence-electron chi connectivity index (χ1n) is 2.00. The molecule has 0 N–H and O–H groups in total. The molecule has 0 aromatic heterocycles. The predicted molar refractivity (Wildman–Crippen MR) is 50.8 cm³/mol. The smallest absolute Gasteiger partial charge is 0 e. The van der Waals surface area contributed by atoms with Crippen molar-refractivity contribution in [2.24, 2.45) is 0 Å². The van der Waals surface area contributed by atoms with Crippen molar-refractivity contribution in [1.82, 2.24) is 0 Å². The first-order chi connectivity index (χ1) is 4.00. The molecule has 0 saturated carbocycles. The Morgan fingerprint density at radius 3 is 0.333 bits per heavy atom. The maximum absolute atomic E-state index is 3.00. The molecule has 0 saturated heterocycles. The maximum atomic E-state index is 3.00. The highest BCUT2D eigenvalue weighted by Gasteiger charge is 0.607. The molecule has 4 radical (unpaired) electrons.